The smallest absolute Gasteiger partial charge is 0.335 e. The van der Waals surface area contributed by atoms with Crippen LogP contribution in [-0.4, -0.2) is 24.5 Å². The number of aromatic nitrogens is 1. The van der Waals surface area contributed by atoms with E-state index in [9.17, 15) is 13.2 Å². The molecule has 0 fully saturated rings. The summed E-state index contributed by atoms with van der Waals surface area (Å²) in [6.45, 7) is 1.80. The molecule has 1 heterocycles. The highest BCUT2D eigenvalue weighted by Gasteiger charge is 2.17. The Labute approximate surface area is 116 Å². The molecule has 0 bridgehead atoms. The van der Waals surface area contributed by atoms with Crippen LogP contribution < -0.4 is 0 Å². The Balaban J connectivity index is 2.31. The van der Waals surface area contributed by atoms with E-state index in [1.807, 2.05) is 0 Å². The minimum absolute atomic E-state index is 0.0537. The van der Waals surface area contributed by atoms with Gasteiger partial charge in [0.15, 0.2) is 9.84 Å². The number of benzene rings is 1. The summed E-state index contributed by atoms with van der Waals surface area (Å²) in [6.07, 6.45) is 1.55. The van der Waals surface area contributed by atoms with Crippen LogP contribution in [0.25, 0.3) is 0 Å². The van der Waals surface area contributed by atoms with E-state index in [0.717, 1.165) is 5.56 Å². The van der Waals surface area contributed by atoms with Gasteiger partial charge in [0.05, 0.1) is 21.9 Å². The van der Waals surface area contributed by atoms with Crippen molar-refractivity contribution in [2.24, 2.45) is 0 Å². The topological polar surface area (TPSA) is 84.3 Å². The molecule has 1 aromatic heterocycles. The Morgan fingerprint density at radius 1 is 1.20 bits per heavy atom. The third-order valence-electron chi connectivity index (χ3n) is 2.90. The van der Waals surface area contributed by atoms with Crippen molar-refractivity contribution in [2.45, 2.75) is 17.6 Å². The third-order valence-corrected chi connectivity index (χ3v) is 4.55. The van der Waals surface area contributed by atoms with Crippen molar-refractivity contribution in [3.63, 3.8) is 0 Å². The van der Waals surface area contributed by atoms with Gasteiger partial charge in [-0.2, -0.15) is 0 Å². The quantitative estimate of drug-likeness (QED) is 0.932. The fraction of sp³-hybridized carbons (Fsp3) is 0.143. The molecule has 6 heteroatoms. The number of aromatic carboxylic acids is 1. The largest absolute Gasteiger partial charge is 0.478 e. The normalized spacial score (nSPS) is 11.2. The Hall–Kier alpha value is -2.21. The van der Waals surface area contributed by atoms with Crippen molar-refractivity contribution < 1.29 is 18.3 Å². The van der Waals surface area contributed by atoms with E-state index in [4.69, 9.17) is 5.11 Å². The van der Waals surface area contributed by atoms with Gasteiger partial charge in [0.25, 0.3) is 0 Å². The zero-order chi connectivity index (χ0) is 14.8. The lowest BCUT2D eigenvalue weighted by molar-refractivity contribution is 0.0696. The Bertz CT molecular complexity index is 736. The maximum absolute atomic E-state index is 12.2. The summed E-state index contributed by atoms with van der Waals surface area (Å²) in [4.78, 5) is 14.9. The highest BCUT2D eigenvalue weighted by atomic mass is 32.2. The summed E-state index contributed by atoms with van der Waals surface area (Å²) in [6, 6.07) is 8.70. The molecule has 0 saturated heterocycles. The first-order chi connectivity index (χ1) is 9.40. The Kier molecular flexibility index (Phi) is 3.85. The number of hydrogen-bond donors (Lipinski definition) is 1. The second-order valence-electron chi connectivity index (χ2n) is 4.36. The standard InChI is InChI=1S/C14H13NO4S/c1-10-3-2-8-15-13(10)9-20(18,19)12-6-4-11(5-7-12)14(16)17/h2-8H,9H2,1H3,(H,16,17). The molecule has 104 valence electrons. The van der Waals surface area contributed by atoms with Crippen LogP contribution in [0.4, 0.5) is 0 Å². The molecule has 0 atom stereocenters. The van der Waals surface area contributed by atoms with E-state index in [-0.39, 0.29) is 16.2 Å². The van der Waals surface area contributed by atoms with E-state index in [1.54, 1.807) is 25.3 Å². The summed E-state index contributed by atoms with van der Waals surface area (Å²) in [5, 5.41) is 8.79. The van der Waals surface area contributed by atoms with Gasteiger partial charge < -0.3 is 5.11 Å². The molecular weight excluding hydrogens is 278 g/mol. The number of carbonyl (C=O) groups is 1. The lowest BCUT2D eigenvalue weighted by Gasteiger charge is -2.06. The molecule has 0 radical (unpaired) electrons. The summed E-state index contributed by atoms with van der Waals surface area (Å²) < 4.78 is 24.5. The summed E-state index contributed by atoms with van der Waals surface area (Å²) in [7, 11) is -3.53. The average Bonchev–Trinajstić information content (AvgIpc) is 2.41. The van der Waals surface area contributed by atoms with Gasteiger partial charge in [-0.25, -0.2) is 13.2 Å². The van der Waals surface area contributed by atoms with Crippen molar-refractivity contribution in [2.75, 3.05) is 0 Å². The van der Waals surface area contributed by atoms with E-state index < -0.39 is 15.8 Å². The minimum atomic E-state index is -3.53. The number of hydrogen-bond acceptors (Lipinski definition) is 4. The second-order valence-corrected chi connectivity index (χ2v) is 6.35. The number of sulfone groups is 1. The minimum Gasteiger partial charge on any atom is -0.478 e. The highest BCUT2D eigenvalue weighted by Crippen LogP contribution is 2.17. The number of rotatable bonds is 4. The Morgan fingerprint density at radius 3 is 2.40 bits per heavy atom. The van der Waals surface area contributed by atoms with Gasteiger partial charge in [-0.1, -0.05) is 6.07 Å². The predicted molar refractivity (Wildman–Crippen MR) is 73.3 cm³/mol. The summed E-state index contributed by atoms with van der Waals surface area (Å²) in [5.41, 5.74) is 1.35. The predicted octanol–water partition coefficient (Wildman–Crippen LogP) is 2.06. The maximum Gasteiger partial charge on any atom is 0.335 e. The molecule has 2 aromatic rings. The lowest BCUT2D eigenvalue weighted by Crippen LogP contribution is -2.08. The van der Waals surface area contributed by atoms with Crippen LogP contribution in [0, 0.1) is 6.92 Å². The third kappa shape index (κ3) is 3.03. The molecule has 0 aliphatic heterocycles. The first kappa shape index (κ1) is 14.2. The number of pyridine rings is 1. The van der Waals surface area contributed by atoms with Crippen LogP contribution >= 0.6 is 0 Å². The molecule has 2 rings (SSSR count). The van der Waals surface area contributed by atoms with Crippen molar-refractivity contribution >= 4 is 15.8 Å². The SMILES string of the molecule is Cc1cccnc1CS(=O)(=O)c1ccc(C(=O)O)cc1. The van der Waals surface area contributed by atoms with Crippen LogP contribution in [-0.2, 0) is 15.6 Å². The number of carboxylic acid groups (broad SMARTS) is 1. The highest BCUT2D eigenvalue weighted by molar-refractivity contribution is 7.90. The van der Waals surface area contributed by atoms with E-state index in [0.29, 0.717) is 5.69 Å². The van der Waals surface area contributed by atoms with Crippen LogP contribution in [0.1, 0.15) is 21.6 Å². The molecule has 1 N–H and O–H groups in total. The first-order valence-corrected chi connectivity index (χ1v) is 7.52. The Morgan fingerprint density at radius 2 is 1.85 bits per heavy atom. The summed E-state index contributed by atoms with van der Waals surface area (Å²) in [5.74, 6) is -1.29. The van der Waals surface area contributed by atoms with Gasteiger partial charge in [0.1, 0.15) is 0 Å². The van der Waals surface area contributed by atoms with Crippen molar-refractivity contribution in [3.05, 3.63) is 59.4 Å². The lowest BCUT2D eigenvalue weighted by atomic mass is 10.2. The van der Waals surface area contributed by atoms with Crippen molar-refractivity contribution in [1.29, 1.82) is 0 Å². The molecule has 5 nitrogen and oxygen atoms in total. The molecule has 0 aliphatic carbocycles. The number of carboxylic acids is 1. The van der Waals surface area contributed by atoms with Gasteiger partial charge in [-0.05, 0) is 42.8 Å². The van der Waals surface area contributed by atoms with Gasteiger partial charge in [-0.3, -0.25) is 4.98 Å². The zero-order valence-electron chi connectivity index (χ0n) is 10.8. The molecule has 1 aromatic carbocycles. The van der Waals surface area contributed by atoms with Gasteiger partial charge in [-0.15, -0.1) is 0 Å². The molecule has 20 heavy (non-hydrogen) atoms. The van der Waals surface area contributed by atoms with Crippen molar-refractivity contribution in [3.8, 4) is 0 Å². The van der Waals surface area contributed by atoms with Crippen LogP contribution in [0.3, 0.4) is 0 Å². The second kappa shape index (κ2) is 5.42. The van der Waals surface area contributed by atoms with Gasteiger partial charge in [0.2, 0.25) is 0 Å². The van der Waals surface area contributed by atoms with Gasteiger partial charge in [0, 0.05) is 6.20 Å². The molecular formula is C14H13NO4S. The molecule has 0 spiro atoms. The van der Waals surface area contributed by atoms with Gasteiger partial charge >= 0.3 is 5.97 Å². The van der Waals surface area contributed by atoms with Crippen LogP contribution in [0.5, 0.6) is 0 Å². The van der Waals surface area contributed by atoms with Crippen molar-refractivity contribution in [1.82, 2.24) is 4.98 Å². The maximum atomic E-state index is 12.2. The molecule has 0 aliphatic rings. The van der Waals surface area contributed by atoms with E-state index in [1.165, 1.54) is 24.3 Å². The van der Waals surface area contributed by atoms with E-state index in [2.05, 4.69) is 4.98 Å². The molecule has 0 saturated carbocycles. The monoisotopic (exact) mass is 291 g/mol. The van der Waals surface area contributed by atoms with Crippen LogP contribution in [0.2, 0.25) is 0 Å². The fourth-order valence-electron chi connectivity index (χ4n) is 1.74. The average molecular weight is 291 g/mol. The number of nitrogens with zero attached hydrogens (tertiary/aromatic N) is 1. The number of aryl methyl sites for hydroxylation is 1. The molecule has 0 unspecified atom stereocenters. The van der Waals surface area contributed by atoms with E-state index >= 15 is 0 Å². The summed E-state index contributed by atoms with van der Waals surface area (Å²) >= 11 is 0. The fourth-order valence-corrected chi connectivity index (χ4v) is 3.12. The van der Waals surface area contributed by atoms with Crippen LogP contribution in [0.15, 0.2) is 47.5 Å². The first-order valence-electron chi connectivity index (χ1n) is 5.87. The molecule has 0 amide bonds. The zero-order valence-corrected chi connectivity index (χ0v) is 11.6.